The monoisotopic (exact) mass is 769 g/mol. The Morgan fingerprint density at radius 2 is 1.80 bits per heavy atom. The number of carbonyl (C=O) groups is 6. The van der Waals surface area contributed by atoms with Crippen molar-refractivity contribution in [3.05, 3.63) is 86.6 Å². The summed E-state index contributed by atoms with van der Waals surface area (Å²) in [6.07, 6.45) is 1.58. The predicted molar refractivity (Wildman–Crippen MR) is 201 cm³/mol. The second kappa shape index (κ2) is 15.3. The number of imide groups is 1. The number of thiazole rings is 1. The van der Waals surface area contributed by atoms with Gasteiger partial charge < -0.3 is 25.3 Å². The number of Topliss-reactive ketones (excluding diaryl/α,β-unsaturated/α-hetero) is 1. The van der Waals surface area contributed by atoms with E-state index in [1.165, 1.54) is 22.4 Å². The predicted octanol–water partition coefficient (Wildman–Crippen LogP) is 3.81. The first kappa shape index (κ1) is 36.6. The van der Waals surface area contributed by atoms with Crippen LogP contribution in [0.4, 0.5) is 22.5 Å². The van der Waals surface area contributed by atoms with E-state index < -0.39 is 11.9 Å². The van der Waals surface area contributed by atoms with Gasteiger partial charge >= 0.3 is 0 Å². The highest BCUT2D eigenvalue weighted by molar-refractivity contribution is 7.17. The number of nitrogens with one attached hydrogen (secondary N) is 3. The summed E-state index contributed by atoms with van der Waals surface area (Å²) in [6.45, 7) is 5.56. The average Bonchev–Trinajstić information content (AvgIpc) is 3.74. The molecule has 5 heterocycles. The van der Waals surface area contributed by atoms with Crippen LogP contribution in [0.5, 0.6) is 0 Å². The number of carbonyl (C=O) groups excluding carboxylic acids is 6. The Balaban J connectivity index is 0.920. The van der Waals surface area contributed by atoms with Crippen LogP contribution in [0, 0.1) is 13.8 Å². The zero-order chi connectivity index (χ0) is 38.1. The molecule has 0 saturated carbocycles. The van der Waals surface area contributed by atoms with E-state index in [9.17, 15) is 28.8 Å². The molecule has 0 aliphatic carbocycles. The molecule has 3 aliphatic heterocycles. The van der Waals surface area contributed by atoms with Crippen LogP contribution in [0.3, 0.4) is 0 Å². The number of rotatable bonds is 10. The lowest BCUT2D eigenvalue weighted by molar-refractivity contribution is -0.137. The van der Waals surface area contributed by atoms with Gasteiger partial charge in [-0.25, -0.2) is 15.0 Å². The molecule has 2 fully saturated rings. The quantitative estimate of drug-likeness (QED) is 0.157. The number of ketones is 1. The molecule has 3 aliphatic rings. The third-order valence-corrected chi connectivity index (χ3v) is 10.8. The van der Waals surface area contributed by atoms with Crippen molar-refractivity contribution in [2.75, 3.05) is 41.7 Å². The van der Waals surface area contributed by atoms with Crippen LogP contribution in [0.1, 0.15) is 61.8 Å². The molecule has 1 unspecified atom stereocenters. The minimum atomic E-state index is -0.753. The topological polar surface area (TPSA) is 187 Å². The van der Waals surface area contributed by atoms with Gasteiger partial charge in [-0.1, -0.05) is 47.2 Å². The fourth-order valence-electron chi connectivity index (χ4n) is 6.85. The second-order valence-electron chi connectivity index (χ2n) is 13.3. The Bertz CT molecular complexity index is 2180. The molecule has 7 rings (SSSR count). The number of amides is 5. The number of hydrogen-bond acceptors (Lipinski definition) is 12. The molecule has 4 aromatic rings. The number of hydrogen-bond donors (Lipinski definition) is 3. The first-order valence-electron chi connectivity index (χ1n) is 17.4. The molecule has 278 valence electrons. The number of para-hydroxylation sites is 1. The van der Waals surface area contributed by atoms with E-state index in [1.807, 2.05) is 24.0 Å². The third-order valence-electron chi connectivity index (χ3n) is 9.62. The fraction of sp³-hybridized carbons (Fsp3) is 0.324. The van der Waals surface area contributed by atoms with Gasteiger partial charge in [0.15, 0.2) is 5.13 Å². The number of anilines is 4. The van der Waals surface area contributed by atoms with Gasteiger partial charge in [-0.2, -0.15) is 0 Å². The molecule has 2 saturated heterocycles. The van der Waals surface area contributed by atoms with Crippen LogP contribution < -0.4 is 20.9 Å². The summed E-state index contributed by atoms with van der Waals surface area (Å²) in [5.41, 5.74) is 3.13. The Labute approximate surface area is 319 Å². The SMILES string of the molecule is Cc1nc(Nc2ncc(C(=O)Nc3c(C)cccc3Cl)s2)cc(N2CCN(C(=O)CC(=O)Cc3cccc4c3CN(C3CCC(=O)NC3=O)C4=O)CC2)n1. The maximum absolute atomic E-state index is 13.2. The largest absolute Gasteiger partial charge is 0.353 e. The minimum absolute atomic E-state index is 0.0202. The number of piperidine rings is 1. The zero-order valence-corrected chi connectivity index (χ0v) is 31.1. The van der Waals surface area contributed by atoms with Crippen molar-refractivity contribution in [1.29, 1.82) is 0 Å². The molecule has 2 aromatic heterocycles. The van der Waals surface area contributed by atoms with Gasteiger partial charge in [0.1, 0.15) is 34.2 Å². The Hall–Kier alpha value is -5.74. The van der Waals surface area contributed by atoms with Gasteiger partial charge in [-0.15, -0.1) is 0 Å². The number of fused-ring (bicyclic) bond motifs is 1. The third kappa shape index (κ3) is 7.79. The molecule has 2 aromatic carbocycles. The van der Waals surface area contributed by atoms with Gasteiger partial charge in [0.25, 0.3) is 11.8 Å². The van der Waals surface area contributed by atoms with Crippen molar-refractivity contribution < 1.29 is 28.8 Å². The lowest BCUT2D eigenvalue weighted by Gasteiger charge is -2.35. The van der Waals surface area contributed by atoms with Gasteiger partial charge in [0, 0.05) is 57.2 Å². The molecule has 1 atom stereocenters. The van der Waals surface area contributed by atoms with Crippen molar-refractivity contribution in [2.45, 2.75) is 52.1 Å². The van der Waals surface area contributed by atoms with Crippen molar-refractivity contribution >= 4 is 80.7 Å². The van der Waals surface area contributed by atoms with E-state index in [0.717, 1.165) is 5.56 Å². The maximum atomic E-state index is 13.2. The molecular weight excluding hydrogens is 734 g/mol. The van der Waals surface area contributed by atoms with E-state index >= 15 is 0 Å². The Kier molecular flexibility index (Phi) is 10.4. The molecule has 54 heavy (non-hydrogen) atoms. The van der Waals surface area contributed by atoms with Gasteiger partial charge in [-0.05, 0) is 49.1 Å². The van der Waals surface area contributed by atoms with E-state index in [1.54, 1.807) is 42.2 Å². The highest BCUT2D eigenvalue weighted by Gasteiger charge is 2.40. The number of aryl methyl sites for hydroxylation is 2. The van der Waals surface area contributed by atoms with Gasteiger partial charge in [-0.3, -0.25) is 34.1 Å². The summed E-state index contributed by atoms with van der Waals surface area (Å²) in [5.74, 6) is -0.362. The first-order valence-corrected chi connectivity index (χ1v) is 18.6. The number of halogens is 1. The van der Waals surface area contributed by atoms with Crippen molar-refractivity contribution in [1.82, 2.24) is 30.1 Å². The highest BCUT2D eigenvalue weighted by atomic mass is 35.5. The van der Waals surface area contributed by atoms with Crippen molar-refractivity contribution in [3.63, 3.8) is 0 Å². The molecule has 3 N–H and O–H groups in total. The van der Waals surface area contributed by atoms with E-state index in [0.29, 0.717) is 81.0 Å². The lowest BCUT2D eigenvalue weighted by atomic mass is 9.98. The van der Waals surface area contributed by atoms with Crippen molar-refractivity contribution in [2.24, 2.45) is 0 Å². The number of benzene rings is 2. The second-order valence-corrected chi connectivity index (χ2v) is 14.7. The molecule has 0 bridgehead atoms. The summed E-state index contributed by atoms with van der Waals surface area (Å²) in [6, 6.07) is 11.5. The minimum Gasteiger partial charge on any atom is -0.353 e. The molecule has 0 spiro atoms. The van der Waals surface area contributed by atoms with Crippen LogP contribution in [0.25, 0.3) is 0 Å². The Morgan fingerprint density at radius 1 is 1.02 bits per heavy atom. The van der Waals surface area contributed by atoms with Crippen LogP contribution in [-0.4, -0.2) is 92.3 Å². The average molecular weight is 770 g/mol. The summed E-state index contributed by atoms with van der Waals surface area (Å²) < 4.78 is 0. The molecule has 15 nitrogen and oxygen atoms in total. The van der Waals surface area contributed by atoms with E-state index in [-0.39, 0.29) is 61.6 Å². The van der Waals surface area contributed by atoms with Crippen LogP contribution in [-0.2, 0) is 32.1 Å². The first-order chi connectivity index (χ1) is 25.9. The highest BCUT2D eigenvalue weighted by Crippen LogP contribution is 2.31. The van der Waals surface area contributed by atoms with Crippen molar-refractivity contribution in [3.8, 4) is 0 Å². The maximum Gasteiger partial charge on any atom is 0.267 e. The smallest absolute Gasteiger partial charge is 0.267 e. The van der Waals surface area contributed by atoms with E-state index in [2.05, 4.69) is 30.9 Å². The summed E-state index contributed by atoms with van der Waals surface area (Å²) in [5, 5.41) is 9.23. The number of nitrogens with zero attached hydrogens (tertiary/aromatic N) is 6. The molecule has 0 radical (unpaired) electrons. The van der Waals surface area contributed by atoms with Gasteiger partial charge in [0.2, 0.25) is 17.7 Å². The summed E-state index contributed by atoms with van der Waals surface area (Å²) in [4.78, 5) is 95.5. The molecular formula is C37H36ClN9O6S. The fourth-order valence-corrected chi connectivity index (χ4v) is 7.83. The summed E-state index contributed by atoms with van der Waals surface area (Å²) >= 11 is 7.44. The van der Waals surface area contributed by atoms with Crippen LogP contribution in [0.2, 0.25) is 5.02 Å². The molecule has 17 heteroatoms. The van der Waals surface area contributed by atoms with Crippen LogP contribution >= 0.6 is 22.9 Å². The number of piperazine rings is 1. The molecule has 5 amide bonds. The zero-order valence-electron chi connectivity index (χ0n) is 29.5. The standard InChI is InChI=1S/C37H36ClN9O6S/c1-20-5-3-8-26(38)33(20)44-35(52)28-18-39-37(54-28)42-29-17-30(41-21(2)40-29)45-11-13-46(14-12-45)32(50)16-23(48)15-22-6-4-7-24-25(22)19-47(36(24)53)27-9-10-31(49)43-34(27)51/h3-8,17-18,27H,9-16,19H2,1-2H3,(H,44,52)(H,43,49,51)(H,39,40,41,42). The Morgan fingerprint density at radius 3 is 2.56 bits per heavy atom. The lowest BCUT2D eigenvalue weighted by Crippen LogP contribution is -2.52. The summed E-state index contributed by atoms with van der Waals surface area (Å²) in [7, 11) is 0. The van der Waals surface area contributed by atoms with Gasteiger partial charge in [0.05, 0.1) is 23.3 Å². The number of aromatic nitrogens is 3. The van der Waals surface area contributed by atoms with Crippen LogP contribution in [0.15, 0.2) is 48.7 Å². The normalized spacial score (nSPS) is 17.0. The van der Waals surface area contributed by atoms with E-state index in [4.69, 9.17) is 11.6 Å².